The molecule has 0 unspecified atom stereocenters. The van der Waals surface area contributed by atoms with Crippen molar-refractivity contribution in [3.05, 3.63) is 76.4 Å². The van der Waals surface area contributed by atoms with Crippen LogP contribution in [-0.2, 0) is 6.54 Å². The highest BCUT2D eigenvalue weighted by atomic mass is 35.5. The fourth-order valence-corrected chi connectivity index (χ4v) is 3.06. The molecule has 0 radical (unpaired) electrons. The lowest BCUT2D eigenvalue weighted by atomic mass is 10.2. The Balaban J connectivity index is 1.85. The highest BCUT2D eigenvalue weighted by molar-refractivity contribution is 6.31. The van der Waals surface area contributed by atoms with Gasteiger partial charge in [-0.05, 0) is 50.1 Å². The Bertz CT molecular complexity index is 895. The Labute approximate surface area is 159 Å². The van der Waals surface area contributed by atoms with Crippen LogP contribution in [0.5, 0.6) is 0 Å². The second-order valence-corrected chi connectivity index (χ2v) is 6.63. The fraction of sp³-hybridized carbons (Fsp3) is 0.238. The molecule has 134 valence electrons. The predicted molar refractivity (Wildman–Crippen MR) is 109 cm³/mol. The Morgan fingerprint density at radius 3 is 2.54 bits per heavy atom. The molecule has 5 heteroatoms. The van der Waals surface area contributed by atoms with Crippen molar-refractivity contribution in [1.29, 1.82) is 0 Å². The Morgan fingerprint density at radius 1 is 1.00 bits per heavy atom. The molecule has 0 aliphatic rings. The van der Waals surface area contributed by atoms with Crippen LogP contribution in [0.3, 0.4) is 0 Å². The summed E-state index contributed by atoms with van der Waals surface area (Å²) in [6.07, 6.45) is 0. The van der Waals surface area contributed by atoms with Crippen LogP contribution in [-0.4, -0.2) is 16.5 Å². The number of nitrogens with one attached hydrogen (secondary N) is 1. The average molecular weight is 367 g/mol. The van der Waals surface area contributed by atoms with Gasteiger partial charge in [0.15, 0.2) is 0 Å². The van der Waals surface area contributed by atoms with Crippen molar-refractivity contribution < 1.29 is 0 Å². The molecular weight excluding hydrogens is 344 g/mol. The lowest BCUT2D eigenvalue weighted by Gasteiger charge is -2.23. The summed E-state index contributed by atoms with van der Waals surface area (Å²) in [5.74, 6) is 1.48. The van der Waals surface area contributed by atoms with Gasteiger partial charge in [-0.25, -0.2) is 4.98 Å². The zero-order chi connectivity index (χ0) is 18.5. The second kappa shape index (κ2) is 8.19. The third kappa shape index (κ3) is 4.33. The van der Waals surface area contributed by atoms with Gasteiger partial charge in [-0.15, -0.1) is 0 Å². The Morgan fingerprint density at radius 2 is 1.81 bits per heavy atom. The molecular formula is C21H23ClN4. The zero-order valence-corrected chi connectivity index (χ0v) is 16.1. The first-order valence-corrected chi connectivity index (χ1v) is 9.12. The summed E-state index contributed by atoms with van der Waals surface area (Å²) in [5, 5.41) is 4.03. The molecule has 1 heterocycles. The van der Waals surface area contributed by atoms with Crippen LogP contribution in [0.25, 0.3) is 0 Å². The SMILES string of the molecule is CCN(c1cccc(C)c1)c1cc(C)nc(NCc2ccccc2Cl)n1. The van der Waals surface area contributed by atoms with E-state index in [-0.39, 0.29) is 0 Å². The van der Waals surface area contributed by atoms with Crippen LogP contribution < -0.4 is 10.2 Å². The van der Waals surface area contributed by atoms with Crippen molar-refractivity contribution >= 4 is 29.1 Å². The summed E-state index contributed by atoms with van der Waals surface area (Å²) >= 11 is 6.23. The van der Waals surface area contributed by atoms with E-state index in [1.54, 1.807) is 0 Å². The first-order chi connectivity index (χ1) is 12.6. The first-order valence-electron chi connectivity index (χ1n) is 8.74. The van der Waals surface area contributed by atoms with Crippen molar-refractivity contribution in [3.8, 4) is 0 Å². The van der Waals surface area contributed by atoms with E-state index in [0.29, 0.717) is 12.5 Å². The summed E-state index contributed by atoms with van der Waals surface area (Å²) < 4.78 is 0. The smallest absolute Gasteiger partial charge is 0.225 e. The van der Waals surface area contributed by atoms with E-state index in [4.69, 9.17) is 16.6 Å². The zero-order valence-electron chi connectivity index (χ0n) is 15.3. The van der Waals surface area contributed by atoms with E-state index in [1.165, 1.54) is 5.56 Å². The molecule has 4 nitrogen and oxygen atoms in total. The number of nitrogens with zero attached hydrogens (tertiary/aromatic N) is 3. The molecule has 0 aliphatic heterocycles. The largest absolute Gasteiger partial charge is 0.350 e. The van der Waals surface area contributed by atoms with Crippen molar-refractivity contribution in [1.82, 2.24) is 9.97 Å². The van der Waals surface area contributed by atoms with E-state index >= 15 is 0 Å². The lowest BCUT2D eigenvalue weighted by molar-refractivity contribution is 0.954. The predicted octanol–water partition coefficient (Wildman–Crippen LogP) is 5.52. The fourth-order valence-electron chi connectivity index (χ4n) is 2.86. The van der Waals surface area contributed by atoms with Crippen LogP contribution in [0.1, 0.15) is 23.7 Å². The Hall–Kier alpha value is -2.59. The highest BCUT2D eigenvalue weighted by Crippen LogP contribution is 2.26. The molecule has 2 aromatic carbocycles. The highest BCUT2D eigenvalue weighted by Gasteiger charge is 2.12. The van der Waals surface area contributed by atoms with Crippen molar-refractivity contribution in [3.63, 3.8) is 0 Å². The number of rotatable bonds is 6. The molecule has 1 N–H and O–H groups in total. The number of hydrogen-bond donors (Lipinski definition) is 1. The first kappa shape index (κ1) is 18.2. The molecule has 0 saturated heterocycles. The minimum Gasteiger partial charge on any atom is -0.350 e. The normalized spacial score (nSPS) is 10.6. The van der Waals surface area contributed by atoms with Gasteiger partial charge in [-0.1, -0.05) is 41.9 Å². The molecule has 0 amide bonds. The molecule has 0 fully saturated rings. The number of benzene rings is 2. The number of aromatic nitrogens is 2. The average Bonchev–Trinajstić information content (AvgIpc) is 2.61. The molecule has 26 heavy (non-hydrogen) atoms. The molecule has 0 spiro atoms. The number of halogens is 1. The maximum Gasteiger partial charge on any atom is 0.225 e. The van der Waals surface area contributed by atoms with Crippen molar-refractivity contribution in [2.24, 2.45) is 0 Å². The van der Waals surface area contributed by atoms with Gasteiger partial charge in [0.1, 0.15) is 5.82 Å². The van der Waals surface area contributed by atoms with Crippen molar-refractivity contribution in [2.75, 3.05) is 16.8 Å². The molecule has 1 aromatic heterocycles. The molecule has 0 bridgehead atoms. The minimum absolute atomic E-state index is 0.582. The number of aryl methyl sites for hydroxylation is 2. The summed E-state index contributed by atoms with van der Waals surface area (Å²) in [6, 6.07) is 18.2. The van der Waals surface area contributed by atoms with E-state index in [2.05, 4.69) is 53.3 Å². The van der Waals surface area contributed by atoms with Gasteiger partial charge < -0.3 is 10.2 Å². The summed E-state index contributed by atoms with van der Waals surface area (Å²) in [7, 11) is 0. The molecule has 3 rings (SSSR count). The van der Waals surface area contributed by atoms with Gasteiger partial charge in [0.05, 0.1) is 0 Å². The van der Waals surface area contributed by atoms with Crippen molar-refractivity contribution in [2.45, 2.75) is 27.3 Å². The van der Waals surface area contributed by atoms with Gasteiger partial charge in [0, 0.05) is 35.6 Å². The maximum absolute atomic E-state index is 6.23. The molecule has 0 atom stereocenters. The second-order valence-electron chi connectivity index (χ2n) is 6.22. The topological polar surface area (TPSA) is 41.1 Å². The van der Waals surface area contributed by atoms with E-state index in [9.17, 15) is 0 Å². The quantitative estimate of drug-likeness (QED) is 0.623. The third-order valence-corrected chi connectivity index (χ3v) is 4.51. The molecule has 3 aromatic rings. The van der Waals surface area contributed by atoms with Gasteiger partial charge in [0.2, 0.25) is 5.95 Å². The van der Waals surface area contributed by atoms with E-state index < -0.39 is 0 Å². The lowest BCUT2D eigenvalue weighted by Crippen LogP contribution is -2.19. The Kier molecular flexibility index (Phi) is 5.74. The van der Waals surface area contributed by atoms with E-state index in [0.717, 1.165) is 34.3 Å². The molecule has 0 aliphatic carbocycles. The van der Waals surface area contributed by atoms with Gasteiger partial charge in [-0.2, -0.15) is 4.98 Å². The van der Waals surface area contributed by atoms with Crippen LogP contribution in [0.15, 0.2) is 54.6 Å². The molecule has 0 saturated carbocycles. The number of hydrogen-bond acceptors (Lipinski definition) is 4. The summed E-state index contributed by atoms with van der Waals surface area (Å²) in [4.78, 5) is 11.4. The standard InChI is InChI=1S/C21H23ClN4/c1-4-26(18-10-7-8-15(2)12-18)20-13-16(3)24-21(25-20)23-14-17-9-5-6-11-19(17)22/h5-13H,4,14H2,1-3H3,(H,23,24,25). The summed E-state index contributed by atoms with van der Waals surface area (Å²) in [6.45, 7) is 7.61. The minimum atomic E-state index is 0.582. The van der Waals surface area contributed by atoms with Crippen LogP contribution in [0.2, 0.25) is 5.02 Å². The van der Waals surface area contributed by atoms with Crippen LogP contribution in [0, 0.1) is 13.8 Å². The van der Waals surface area contributed by atoms with Gasteiger partial charge >= 0.3 is 0 Å². The number of anilines is 3. The maximum atomic E-state index is 6.23. The van der Waals surface area contributed by atoms with Crippen LogP contribution in [0.4, 0.5) is 17.5 Å². The van der Waals surface area contributed by atoms with Gasteiger partial charge in [-0.3, -0.25) is 0 Å². The monoisotopic (exact) mass is 366 g/mol. The van der Waals surface area contributed by atoms with Crippen LogP contribution >= 0.6 is 11.6 Å². The van der Waals surface area contributed by atoms with Gasteiger partial charge in [0.25, 0.3) is 0 Å². The summed E-state index contributed by atoms with van der Waals surface area (Å²) in [5.41, 5.74) is 4.29. The third-order valence-electron chi connectivity index (χ3n) is 4.14. The van der Waals surface area contributed by atoms with E-state index in [1.807, 2.05) is 37.3 Å².